The number of amides is 1. The Bertz CT molecular complexity index is 877. The van der Waals surface area contributed by atoms with Gasteiger partial charge in [0.15, 0.2) is 5.13 Å². The highest BCUT2D eigenvalue weighted by Crippen LogP contribution is 2.35. The zero-order valence-electron chi connectivity index (χ0n) is 14.9. The maximum atomic E-state index is 12.2. The summed E-state index contributed by atoms with van der Waals surface area (Å²) in [5, 5.41) is 12.9. The average Bonchev–Trinajstić information content (AvgIpc) is 3.15. The van der Waals surface area contributed by atoms with Crippen molar-refractivity contribution in [1.82, 2.24) is 10.3 Å². The highest BCUT2D eigenvalue weighted by molar-refractivity contribution is 7.17. The molecular formula is C20H20N4O2S. The van der Waals surface area contributed by atoms with E-state index in [0.29, 0.717) is 19.8 Å². The molecule has 1 amide bonds. The van der Waals surface area contributed by atoms with E-state index < -0.39 is 5.91 Å². The molecule has 0 unspecified atom stereocenters. The molecule has 3 rings (SSSR count). The third kappa shape index (κ3) is 4.61. The predicted octanol–water partition coefficient (Wildman–Crippen LogP) is 2.86. The van der Waals surface area contributed by atoms with Crippen LogP contribution in [0.15, 0.2) is 48.6 Å². The van der Waals surface area contributed by atoms with Crippen LogP contribution in [0.25, 0.3) is 17.3 Å². The Morgan fingerprint density at radius 1 is 1.37 bits per heavy atom. The summed E-state index contributed by atoms with van der Waals surface area (Å²) in [6, 6.07) is 11.8. The molecule has 2 heterocycles. The van der Waals surface area contributed by atoms with Gasteiger partial charge in [-0.25, -0.2) is 4.98 Å². The summed E-state index contributed by atoms with van der Waals surface area (Å²) in [4.78, 5) is 20.0. The van der Waals surface area contributed by atoms with Gasteiger partial charge in [-0.05, 0) is 6.08 Å². The highest BCUT2D eigenvalue weighted by Gasteiger charge is 2.20. The number of morpholine rings is 1. The Hall–Kier alpha value is -2.95. The van der Waals surface area contributed by atoms with Gasteiger partial charge in [0.05, 0.1) is 23.8 Å². The van der Waals surface area contributed by atoms with Crippen LogP contribution in [0.1, 0.15) is 4.88 Å². The van der Waals surface area contributed by atoms with Crippen molar-refractivity contribution >= 4 is 28.5 Å². The summed E-state index contributed by atoms with van der Waals surface area (Å²) in [6.45, 7) is 6.76. The van der Waals surface area contributed by atoms with Gasteiger partial charge in [0, 0.05) is 25.2 Å². The number of nitrogens with one attached hydrogen (secondary N) is 1. The number of carbonyl (C=O) groups is 1. The molecule has 0 saturated carbocycles. The minimum absolute atomic E-state index is 0.0474. The van der Waals surface area contributed by atoms with Gasteiger partial charge < -0.3 is 15.0 Å². The van der Waals surface area contributed by atoms with Crippen molar-refractivity contribution in [2.75, 3.05) is 37.7 Å². The molecule has 27 heavy (non-hydrogen) atoms. The van der Waals surface area contributed by atoms with Crippen LogP contribution in [0.3, 0.4) is 0 Å². The first kappa shape index (κ1) is 18.8. The van der Waals surface area contributed by atoms with Crippen molar-refractivity contribution in [3.63, 3.8) is 0 Å². The van der Waals surface area contributed by atoms with E-state index in [2.05, 4.69) is 16.8 Å². The number of rotatable bonds is 6. The third-order valence-corrected chi connectivity index (χ3v) is 5.08. The number of hydrogen-bond donors (Lipinski definition) is 1. The molecule has 6 nitrogen and oxygen atoms in total. The molecule has 1 saturated heterocycles. The number of nitriles is 1. The summed E-state index contributed by atoms with van der Waals surface area (Å²) in [6.07, 6.45) is 3.19. The van der Waals surface area contributed by atoms with E-state index in [1.807, 2.05) is 36.4 Å². The second-order valence-corrected chi connectivity index (χ2v) is 6.85. The third-order valence-electron chi connectivity index (χ3n) is 4.02. The molecule has 0 bridgehead atoms. The van der Waals surface area contributed by atoms with Gasteiger partial charge in [-0.1, -0.05) is 47.7 Å². The average molecular weight is 380 g/mol. The first-order chi connectivity index (χ1) is 13.2. The minimum Gasteiger partial charge on any atom is -0.378 e. The monoisotopic (exact) mass is 380 g/mol. The first-order valence-corrected chi connectivity index (χ1v) is 9.44. The maximum Gasteiger partial charge on any atom is 0.262 e. The minimum atomic E-state index is -0.419. The van der Waals surface area contributed by atoms with Crippen molar-refractivity contribution in [3.8, 4) is 17.3 Å². The molecule has 2 aromatic rings. The van der Waals surface area contributed by atoms with E-state index in [-0.39, 0.29) is 5.57 Å². The number of thiazole rings is 1. The molecule has 1 aromatic carbocycles. The fourth-order valence-electron chi connectivity index (χ4n) is 2.65. The van der Waals surface area contributed by atoms with Gasteiger partial charge in [0.25, 0.3) is 5.91 Å². The number of benzene rings is 1. The number of aromatic nitrogens is 1. The number of carbonyl (C=O) groups excluding carboxylic acids is 1. The van der Waals surface area contributed by atoms with E-state index in [1.54, 1.807) is 12.2 Å². The first-order valence-electron chi connectivity index (χ1n) is 8.62. The fourth-order valence-corrected chi connectivity index (χ4v) is 3.73. The lowest BCUT2D eigenvalue weighted by Crippen LogP contribution is -2.36. The van der Waals surface area contributed by atoms with Crippen LogP contribution in [0.2, 0.25) is 0 Å². The van der Waals surface area contributed by atoms with Gasteiger partial charge in [-0.15, -0.1) is 6.58 Å². The van der Waals surface area contributed by atoms with Gasteiger partial charge in [-0.3, -0.25) is 4.79 Å². The lowest BCUT2D eigenvalue weighted by Gasteiger charge is -2.26. The van der Waals surface area contributed by atoms with Gasteiger partial charge >= 0.3 is 0 Å². The van der Waals surface area contributed by atoms with Crippen molar-refractivity contribution < 1.29 is 9.53 Å². The number of nitrogens with zero attached hydrogens (tertiary/aromatic N) is 3. The van der Waals surface area contributed by atoms with E-state index in [9.17, 15) is 10.1 Å². The number of ether oxygens (including phenoxy) is 1. The Labute approximate surface area is 162 Å². The molecule has 1 N–H and O–H groups in total. The maximum absolute atomic E-state index is 12.2. The molecule has 7 heteroatoms. The van der Waals surface area contributed by atoms with Crippen LogP contribution in [0, 0.1) is 11.3 Å². The van der Waals surface area contributed by atoms with E-state index in [4.69, 9.17) is 9.72 Å². The summed E-state index contributed by atoms with van der Waals surface area (Å²) in [5.41, 5.74) is 1.76. The topological polar surface area (TPSA) is 78.2 Å². The molecule has 0 spiro atoms. The van der Waals surface area contributed by atoms with Crippen LogP contribution < -0.4 is 10.2 Å². The molecule has 1 aliphatic heterocycles. The van der Waals surface area contributed by atoms with E-state index in [1.165, 1.54) is 11.3 Å². The normalized spacial score (nSPS) is 14.5. The molecule has 0 atom stereocenters. The van der Waals surface area contributed by atoms with Crippen molar-refractivity contribution in [1.29, 1.82) is 5.26 Å². The SMILES string of the molecule is C=CCNC(=O)/C(C#N)=C/c1sc(N2CCOCC2)nc1-c1ccccc1. The summed E-state index contributed by atoms with van der Waals surface area (Å²) in [5.74, 6) is -0.419. The lowest BCUT2D eigenvalue weighted by molar-refractivity contribution is -0.116. The van der Waals surface area contributed by atoms with Gasteiger partial charge in [0.1, 0.15) is 11.6 Å². The van der Waals surface area contributed by atoms with Gasteiger partial charge in [-0.2, -0.15) is 5.26 Å². The molecule has 1 fully saturated rings. The molecule has 1 aromatic heterocycles. The van der Waals surface area contributed by atoms with E-state index >= 15 is 0 Å². The molecule has 1 aliphatic rings. The predicted molar refractivity (Wildman–Crippen MR) is 107 cm³/mol. The summed E-state index contributed by atoms with van der Waals surface area (Å²) < 4.78 is 5.41. The molecule has 0 aliphatic carbocycles. The largest absolute Gasteiger partial charge is 0.378 e. The van der Waals surface area contributed by atoms with Crippen LogP contribution in [0.4, 0.5) is 5.13 Å². The van der Waals surface area contributed by atoms with E-state index in [0.717, 1.165) is 34.4 Å². The van der Waals surface area contributed by atoms with Gasteiger partial charge in [0.2, 0.25) is 0 Å². The smallest absolute Gasteiger partial charge is 0.262 e. The zero-order valence-corrected chi connectivity index (χ0v) is 15.7. The van der Waals surface area contributed by atoms with Crippen LogP contribution in [-0.4, -0.2) is 43.7 Å². The quantitative estimate of drug-likeness (QED) is 0.474. The highest BCUT2D eigenvalue weighted by atomic mass is 32.1. The second-order valence-electron chi connectivity index (χ2n) is 5.84. The van der Waals surface area contributed by atoms with Crippen molar-refractivity contribution in [2.24, 2.45) is 0 Å². The molecule has 0 radical (unpaired) electrons. The summed E-state index contributed by atoms with van der Waals surface area (Å²) >= 11 is 1.48. The summed E-state index contributed by atoms with van der Waals surface area (Å²) in [7, 11) is 0. The second kappa shape index (κ2) is 9.12. The number of hydrogen-bond acceptors (Lipinski definition) is 6. The fraction of sp³-hybridized carbons (Fsp3) is 0.250. The van der Waals surface area contributed by atoms with Crippen molar-refractivity contribution in [3.05, 3.63) is 53.4 Å². The number of anilines is 1. The van der Waals surface area contributed by atoms with Crippen molar-refractivity contribution in [2.45, 2.75) is 0 Å². The zero-order chi connectivity index (χ0) is 19.1. The Kier molecular flexibility index (Phi) is 6.36. The van der Waals surface area contributed by atoms with Crippen LogP contribution >= 0.6 is 11.3 Å². The Morgan fingerprint density at radius 3 is 2.78 bits per heavy atom. The Morgan fingerprint density at radius 2 is 2.11 bits per heavy atom. The lowest BCUT2D eigenvalue weighted by atomic mass is 10.1. The molecular weight excluding hydrogens is 360 g/mol. The Balaban J connectivity index is 2.00. The van der Waals surface area contributed by atoms with Crippen LogP contribution in [0.5, 0.6) is 0 Å². The molecule has 138 valence electrons. The standard InChI is InChI=1S/C20H20N4O2S/c1-2-8-22-19(25)16(14-21)13-17-18(15-6-4-3-5-7-15)23-20(27-17)24-9-11-26-12-10-24/h2-7,13H,1,8-12H2,(H,22,25)/b16-13+. The van der Waals surface area contributed by atoms with Crippen LogP contribution in [-0.2, 0) is 9.53 Å².